The molecule has 0 radical (unpaired) electrons. The van der Waals surface area contributed by atoms with E-state index >= 15 is 0 Å². The lowest BCUT2D eigenvalue weighted by molar-refractivity contribution is 0.0431. The first-order valence-corrected chi connectivity index (χ1v) is 7.00. The van der Waals surface area contributed by atoms with Gasteiger partial charge in [0, 0.05) is 38.4 Å². The molecule has 0 amide bonds. The van der Waals surface area contributed by atoms with Gasteiger partial charge in [-0.15, -0.1) is 0 Å². The number of carbonyl (C=O) groups is 1. The Kier molecular flexibility index (Phi) is 4.98. The zero-order valence-corrected chi connectivity index (χ0v) is 12.3. The van der Waals surface area contributed by atoms with Crippen LogP contribution in [0.2, 0.25) is 0 Å². The molecular formula is C15H23N3O2. The lowest BCUT2D eigenvalue weighted by Crippen LogP contribution is -2.45. The Balaban J connectivity index is 1.77. The number of carbonyl (C=O) groups excluding carboxylic acids is 1. The van der Waals surface area contributed by atoms with Crippen molar-refractivity contribution in [3.8, 4) is 0 Å². The highest BCUT2D eigenvalue weighted by molar-refractivity contribution is 5.91. The molecule has 0 saturated carbocycles. The van der Waals surface area contributed by atoms with Gasteiger partial charge < -0.3 is 15.4 Å². The van der Waals surface area contributed by atoms with Gasteiger partial charge in [-0.3, -0.25) is 4.90 Å². The van der Waals surface area contributed by atoms with Crippen molar-refractivity contribution in [1.29, 1.82) is 0 Å². The average molecular weight is 277 g/mol. The molecule has 20 heavy (non-hydrogen) atoms. The molecule has 0 atom stereocenters. The van der Waals surface area contributed by atoms with Crippen LogP contribution >= 0.6 is 0 Å². The number of anilines is 1. The maximum absolute atomic E-state index is 12.0. The van der Waals surface area contributed by atoms with E-state index in [0.29, 0.717) is 17.9 Å². The number of esters is 1. The highest BCUT2D eigenvalue weighted by Gasteiger charge is 2.15. The molecule has 1 aliphatic heterocycles. The Bertz CT molecular complexity index is 468. The number of rotatable bonds is 4. The van der Waals surface area contributed by atoms with E-state index in [9.17, 15) is 4.79 Å². The highest BCUT2D eigenvalue weighted by atomic mass is 16.5. The van der Waals surface area contributed by atoms with Crippen molar-refractivity contribution < 1.29 is 9.53 Å². The summed E-state index contributed by atoms with van der Waals surface area (Å²) in [6.07, 6.45) is 0. The first kappa shape index (κ1) is 14.8. The number of hydrogen-bond acceptors (Lipinski definition) is 5. The molecule has 1 aromatic rings. The zero-order valence-electron chi connectivity index (χ0n) is 12.3. The Morgan fingerprint density at radius 3 is 2.65 bits per heavy atom. The average Bonchev–Trinajstić information content (AvgIpc) is 2.41. The number of nitrogens with two attached hydrogens (primary N) is 1. The molecule has 0 bridgehead atoms. The minimum atomic E-state index is -0.267. The van der Waals surface area contributed by atoms with Crippen LogP contribution in [0.4, 0.5) is 5.69 Å². The Morgan fingerprint density at radius 1 is 1.30 bits per heavy atom. The summed E-state index contributed by atoms with van der Waals surface area (Å²) in [5.41, 5.74) is 7.79. The van der Waals surface area contributed by atoms with Crippen molar-refractivity contribution in [3.05, 3.63) is 29.3 Å². The third kappa shape index (κ3) is 3.95. The second-order valence-electron chi connectivity index (χ2n) is 5.36. The smallest absolute Gasteiger partial charge is 0.338 e. The van der Waals surface area contributed by atoms with E-state index in [-0.39, 0.29) is 5.97 Å². The minimum Gasteiger partial charge on any atom is -0.461 e. The van der Waals surface area contributed by atoms with Crippen molar-refractivity contribution in [2.45, 2.75) is 6.92 Å². The molecule has 5 heteroatoms. The van der Waals surface area contributed by atoms with Crippen LogP contribution in [-0.2, 0) is 4.74 Å². The molecule has 1 fully saturated rings. The van der Waals surface area contributed by atoms with Crippen LogP contribution < -0.4 is 5.73 Å². The lowest BCUT2D eigenvalue weighted by atomic mass is 10.1. The van der Waals surface area contributed by atoms with Crippen molar-refractivity contribution in [2.24, 2.45) is 0 Å². The van der Waals surface area contributed by atoms with Gasteiger partial charge in [0.25, 0.3) is 0 Å². The Hall–Kier alpha value is -1.59. The van der Waals surface area contributed by atoms with Gasteiger partial charge in [0.15, 0.2) is 0 Å². The van der Waals surface area contributed by atoms with Gasteiger partial charge >= 0.3 is 5.97 Å². The van der Waals surface area contributed by atoms with Gasteiger partial charge in [-0.25, -0.2) is 4.79 Å². The summed E-state index contributed by atoms with van der Waals surface area (Å²) in [6.45, 7) is 7.33. The number of nitrogens with zero attached hydrogens (tertiary/aromatic N) is 2. The van der Waals surface area contributed by atoms with E-state index < -0.39 is 0 Å². The van der Waals surface area contributed by atoms with Gasteiger partial charge in [-0.2, -0.15) is 0 Å². The molecule has 1 aromatic carbocycles. The Labute approximate surface area is 120 Å². The van der Waals surface area contributed by atoms with Crippen molar-refractivity contribution in [2.75, 3.05) is 52.1 Å². The second-order valence-corrected chi connectivity index (χ2v) is 5.36. The van der Waals surface area contributed by atoms with Gasteiger partial charge in [-0.1, -0.05) is 0 Å². The molecule has 1 saturated heterocycles. The number of likely N-dealkylation sites (N-methyl/N-ethyl adjacent to an activating group) is 1. The van der Waals surface area contributed by atoms with Crippen LogP contribution in [0.5, 0.6) is 0 Å². The number of benzene rings is 1. The summed E-state index contributed by atoms with van der Waals surface area (Å²) in [7, 11) is 2.13. The maximum Gasteiger partial charge on any atom is 0.338 e. The number of piperazine rings is 1. The molecule has 5 nitrogen and oxygen atoms in total. The molecule has 1 heterocycles. The molecule has 0 aliphatic carbocycles. The van der Waals surface area contributed by atoms with Crippen molar-refractivity contribution >= 4 is 11.7 Å². The van der Waals surface area contributed by atoms with Crippen molar-refractivity contribution in [3.63, 3.8) is 0 Å². The van der Waals surface area contributed by atoms with E-state index in [4.69, 9.17) is 10.5 Å². The number of ether oxygens (including phenoxy) is 1. The summed E-state index contributed by atoms with van der Waals surface area (Å²) in [5, 5.41) is 0. The first-order chi connectivity index (χ1) is 9.56. The third-order valence-corrected chi connectivity index (χ3v) is 3.71. The van der Waals surface area contributed by atoms with Crippen molar-refractivity contribution in [1.82, 2.24) is 9.80 Å². The zero-order chi connectivity index (χ0) is 14.5. The largest absolute Gasteiger partial charge is 0.461 e. The molecule has 2 rings (SSSR count). The minimum absolute atomic E-state index is 0.267. The molecule has 2 N–H and O–H groups in total. The SMILES string of the molecule is Cc1cc(N)ccc1C(=O)OCCN1CCN(C)CC1. The summed E-state index contributed by atoms with van der Waals surface area (Å²) < 4.78 is 5.34. The quantitative estimate of drug-likeness (QED) is 0.657. The van der Waals surface area contributed by atoms with E-state index in [0.717, 1.165) is 38.3 Å². The van der Waals surface area contributed by atoms with Crippen LogP contribution in [0.3, 0.4) is 0 Å². The highest BCUT2D eigenvalue weighted by Crippen LogP contribution is 2.13. The summed E-state index contributed by atoms with van der Waals surface area (Å²) in [6, 6.07) is 5.24. The molecule has 0 aromatic heterocycles. The number of aryl methyl sites for hydroxylation is 1. The summed E-state index contributed by atoms with van der Waals surface area (Å²) in [4.78, 5) is 16.6. The van der Waals surface area contributed by atoms with Gasteiger partial charge in [0.05, 0.1) is 5.56 Å². The van der Waals surface area contributed by atoms with E-state index in [1.54, 1.807) is 18.2 Å². The predicted octanol–water partition coefficient (Wildman–Crippen LogP) is 0.981. The normalized spacial score (nSPS) is 17.1. The summed E-state index contributed by atoms with van der Waals surface area (Å²) >= 11 is 0. The van der Waals surface area contributed by atoms with Crippen LogP contribution in [0.15, 0.2) is 18.2 Å². The molecule has 0 spiro atoms. The maximum atomic E-state index is 12.0. The molecule has 110 valence electrons. The van der Waals surface area contributed by atoms with Crippen LogP contribution in [0.1, 0.15) is 15.9 Å². The second kappa shape index (κ2) is 6.72. The van der Waals surface area contributed by atoms with E-state index in [1.807, 2.05) is 6.92 Å². The first-order valence-electron chi connectivity index (χ1n) is 7.00. The van der Waals surface area contributed by atoms with E-state index in [2.05, 4.69) is 16.8 Å². The molecule has 0 unspecified atom stereocenters. The third-order valence-electron chi connectivity index (χ3n) is 3.71. The van der Waals surface area contributed by atoms with Crippen LogP contribution in [0.25, 0.3) is 0 Å². The van der Waals surface area contributed by atoms with E-state index in [1.165, 1.54) is 0 Å². The summed E-state index contributed by atoms with van der Waals surface area (Å²) in [5.74, 6) is -0.267. The standard InChI is InChI=1S/C15H23N3O2/c1-12-11-13(16)3-4-14(12)15(19)20-10-9-18-7-5-17(2)6-8-18/h3-4,11H,5-10,16H2,1-2H3. The molecular weight excluding hydrogens is 254 g/mol. The van der Waals surface area contributed by atoms with Crippen LogP contribution in [0, 0.1) is 6.92 Å². The number of hydrogen-bond donors (Lipinski definition) is 1. The van der Waals surface area contributed by atoms with Crippen LogP contribution in [-0.4, -0.2) is 62.1 Å². The fourth-order valence-corrected chi connectivity index (χ4v) is 2.33. The predicted molar refractivity (Wildman–Crippen MR) is 79.8 cm³/mol. The fourth-order valence-electron chi connectivity index (χ4n) is 2.33. The fraction of sp³-hybridized carbons (Fsp3) is 0.533. The monoisotopic (exact) mass is 277 g/mol. The molecule has 1 aliphatic rings. The van der Waals surface area contributed by atoms with Gasteiger partial charge in [0.1, 0.15) is 6.61 Å². The topological polar surface area (TPSA) is 58.8 Å². The lowest BCUT2D eigenvalue weighted by Gasteiger charge is -2.32. The van der Waals surface area contributed by atoms with Gasteiger partial charge in [0.2, 0.25) is 0 Å². The number of nitrogen functional groups attached to an aromatic ring is 1. The van der Waals surface area contributed by atoms with Gasteiger partial charge in [-0.05, 0) is 37.7 Å². The Morgan fingerprint density at radius 2 is 2.00 bits per heavy atom.